The van der Waals surface area contributed by atoms with Crippen LogP contribution in [0.5, 0.6) is 0 Å². The molecule has 0 spiro atoms. The van der Waals surface area contributed by atoms with E-state index >= 15 is 0 Å². The van der Waals surface area contributed by atoms with Crippen molar-refractivity contribution in [3.05, 3.63) is 0 Å². The first kappa shape index (κ1) is 63.0. The maximum Gasteiger partial charge on any atom is -0.0533 e. The molecule has 0 aromatic rings. The van der Waals surface area contributed by atoms with E-state index < -0.39 is 0 Å². The van der Waals surface area contributed by atoms with E-state index in [2.05, 4.69) is 0 Å². The molecule has 0 amide bonds. The summed E-state index contributed by atoms with van der Waals surface area (Å²) in [6, 6.07) is 0. The molecule has 0 heteroatoms. The van der Waals surface area contributed by atoms with Crippen molar-refractivity contribution in [1.29, 1.82) is 0 Å². The molecule has 0 heterocycles. The summed E-state index contributed by atoms with van der Waals surface area (Å²) in [7, 11) is 0. The second kappa shape index (κ2) is 75.0. The highest BCUT2D eigenvalue weighted by Gasteiger charge is 1.98. The van der Waals surface area contributed by atoms with Gasteiger partial charge in [-0.25, -0.2) is 0 Å². The molecule has 51 heavy (non-hydrogen) atoms. The lowest BCUT2D eigenvalue weighted by atomic mass is 10.0. The first-order chi connectivity index (χ1) is 25.0. The fraction of sp³-hybridized carbons (Fsp3) is 1.00. The quantitative estimate of drug-likeness (QED) is 0.233. The molecule has 0 aliphatic heterocycles. The highest BCUT2D eigenvalue weighted by molar-refractivity contribution is 4.54. The molecule has 10 rings (SSSR count). The summed E-state index contributed by atoms with van der Waals surface area (Å²) in [5.74, 6) is 0. The summed E-state index contributed by atoms with van der Waals surface area (Å²) in [6.07, 6.45) is 60.0. The molecule has 318 valence electrons. The summed E-state index contributed by atoms with van der Waals surface area (Å²) in [5.41, 5.74) is 0. The van der Waals surface area contributed by atoms with E-state index in [1.807, 2.05) is 69.2 Å². The molecular weight excluding hydrogens is 613 g/mol. The minimum Gasteiger partial charge on any atom is -0.0776 e. The van der Waals surface area contributed by atoms with Gasteiger partial charge < -0.3 is 0 Å². The van der Waals surface area contributed by atoms with Crippen LogP contribution in [0.1, 0.15) is 333 Å². The molecule has 0 saturated heterocycles. The van der Waals surface area contributed by atoms with Crippen LogP contribution in [0.25, 0.3) is 0 Å². The molecule has 10 saturated carbocycles. The number of hydrogen-bond donors (Lipinski definition) is 0. The Bertz CT molecular complexity index is 213. The van der Waals surface area contributed by atoms with Gasteiger partial charge in [-0.3, -0.25) is 0 Å². The van der Waals surface area contributed by atoms with Crippen molar-refractivity contribution in [2.75, 3.05) is 0 Å². The fourth-order valence-electron chi connectivity index (χ4n) is 2.50. The van der Waals surface area contributed by atoms with Crippen LogP contribution in [-0.4, -0.2) is 0 Å². The highest BCUT2D eigenvalue weighted by atomic mass is 14.0. The lowest BCUT2D eigenvalue weighted by Gasteiger charge is -2.05. The first-order valence-electron chi connectivity index (χ1n) is 25.0. The van der Waals surface area contributed by atoms with Crippen LogP contribution in [0.2, 0.25) is 0 Å². The summed E-state index contributed by atoms with van der Waals surface area (Å²) in [6.45, 7) is 20.0. The van der Waals surface area contributed by atoms with Crippen LogP contribution in [0.4, 0.5) is 0 Å². The fourth-order valence-corrected chi connectivity index (χ4v) is 2.50. The van der Waals surface area contributed by atoms with E-state index in [0.29, 0.717) is 0 Å². The van der Waals surface area contributed by atoms with E-state index in [1.165, 1.54) is 257 Å². The molecule has 0 aromatic heterocycles. The van der Waals surface area contributed by atoms with Crippen molar-refractivity contribution in [1.82, 2.24) is 0 Å². The molecular formula is C51H114. The van der Waals surface area contributed by atoms with Crippen molar-refractivity contribution < 1.29 is 0 Å². The highest BCUT2D eigenvalue weighted by Crippen LogP contribution is 2.18. The molecule has 0 bridgehead atoms. The summed E-state index contributed by atoms with van der Waals surface area (Å²) in [5, 5.41) is 0. The van der Waals surface area contributed by atoms with Gasteiger partial charge in [0.05, 0.1) is 0 Å². The predicted octanol–water partition coefficient (Wildman–Crippen LogP) is 21.4. The zero-order valence-electron chi connectivity index (χ0n) is 38.3. The van der Waals surface area contributed by atoms with E-state index in [0.717, 1.165) is 0 Å². The van der Waals surface area contributed by atoms with Crippen LogP contribution >= 0.6 is 0 Å². The third-order valence-electron chi connectivity index (χ3n) is 10.00. The van der Waals surface area contributed by atoms with Gasteiger partial charge in [-0.1, -0.05) is 333 Å². The van der Waals surface area contributed by atoms with Gasteiger partial charge >= 0.3 is 0 Å². The largest absolute Gasteiger partial charge is 0.0776 e. The van der Waals surface area contributed by atoms with E-state index in [4.69, 9.17) is 0 Å². The van der Waals surface area contributed by atoms with Crippen LogP contribution in [0, 0.1) is 0 Å². The predicted molar refractivity (Wildman–Crippen MR) is 248 cm³/mol. The molecule has 0 atom stereocenters. The number of rotatable bonds is 0. The van der Waals surface area contributed by atoms with Crippen LogP contribution in [-0.2, 0) is 0 Å². The Labute approximate surface area is 332 Å². The van der Waals surface area contributed by atoms with Gasteiger partial charge in [-0.2, -0.15) is 0 Å². The zero-order valence-corrected chi connectivity index (χ0v) is 38.3. The molecule has 10 fully saturated rings. The molecule has 10 aliphatic rings. The van der Waals surface area contributed by atoms with Crippen molar-refractivity contribution in [3.63, 3.8) is 0 Å². The monoisotopic (exact) mass is 727 g/mol. The van der Waals surface area contributed by atoms with Crippen molar-refractivity contribution in [2.45, 2.75) is 333 Å². The molecule has 0 radical (unpaired) electrons. The second-order valence-electron chi connectivity index (χ2n) is 14.1. The average Bonchev–Trinajstić information content (AvgIpc) is 2.80. The van der Waals surface area contributed by atoms with Crippen molar-refractivity contribution >= 4 is 0 Å². The summed E-state index contributed by atoms with van der Waals surface area (Å²) < 4.78 is 0. The normalized spacial score (nSPS) is 19.4. The SMILES string of the molecule is C.C1CCC1.C1CCC1.C1CCC1.C1CCC1.C1CCC1.C1CCC1.C1CCC1.C1CCC1.C1CCC1.C1CCC1.CC.CC.CC.CC.CC. The van der Waals surface area contributed by atoms with Crippen LogP contribution < -0.4 is 0 Å². The van der Waals surface area contributed by atoms with Gasteiger partial charge in [0.15, 0.2) is 0 Å². The minimum atomic E-state index is 0. The zero-order chi connectivity index (χ0) is 38.3. The third kappa shape index (κ3) is 72.0. The summed E-state index contributed by atoms with van der Waals surface area (Å²) >= 11 is 0. The van der Waals surface area contributed by atoms with Gasteiger partial charge in [0, 0.05) is 0 Å². The van der Waals surface area contributed by atoms with Crippen molar-refractivity contribution in [3.8, 4) is 0 Å². The van der Waals surface area contributed by atoms with Crippen LogP contribution in [0.3, 0.4) is 0 Å². The number of hydrogen-bond acceptors (Lipinski definition) is 0. The Hall–Kier alpha value is 0. The van der Waals surface area contributed by atoms with Gasteiger partial charge in [0.25, 0.3) is 0 Å². The molecule has 0 aromatic carbocycles. The lowest BCUT2D eigenvalue weighted by Crippen LogP contribution is -1.85. The Kier molecular flexibility index (Phi) is 92.6. The Morgan fingerprint density at radius 3 is 0.118 bits per heavy atom. The van der Waals surface area contributed by atoms with E-state index in [9.17, 15) is 0 Å². The summed E-state index contributed by atoms with van der Waals surface area (Å²) in [4.78, 5) is 0. The maximum atomic E-state index is 2.00. The first-order valence-corrected chi connectivity index (χ1v) is 25.0. The van der Waals surface area contributed by atoms with E-state index in [-0.39, 0.29) is 7.43 Å². The van der Waals surface area contributed by atoms with Gasteiger partial charge in [-0.15, -0.1) is 0 Å². The van der Waals surface area contributed by atoms with Crippen LogP contribution in [0.15, 0.2) is 0 Å². The smallest absolute Gasteiger partial charge is 0.0533 e. The lowest BCUT2D eigenvalue weighted by molar-refractivity contribution is 0.504. The molecule has 0 nitrogen and oxygen atoms in total. The van der Waals surface area contributed by atoms with E-state index in [1.54, 1.807) is 0 Å². The molecule has 0 unspecified atom stereocenters. The molecule has 0 N–H and O–H groups in total. The van der Waals surface area contributed by atoms with Gasteiger partial charge in [0.1, 0.15) is 0 Å². The minimum absolute atomic E-state index is 0. The Balaban J connectivity index is -0.000000107. The Morgan fingerprint density at radius 2 is 0.118 bits per heavy atom. The standard InChI is InChI=1S/10C4H8.5C2H6.CH4/c10*1-2-4-3-1;5*1-2;/h10*1-4H2;5*1-2H3;1H4. The van der Waals surface area contributed by atoms with Gasteiger partial charge in [0.2, 0.25) is 0 Å². The maximum absolute atomic E-state index is 2.00. The molecule has 10 aliphatic carbocycles. The topological polar surface area (TPSA) is 0 Å². The second-order valence-corrected chi connectivity index (χ2v) is 14.1. The average molecular weight is 727 g/mol. The van der Waals surface area contributed by atoms with Gasteiger partial charge in [-0.05, 0) is 0 Å². The third-order valence-corrected chi connectivity index (χ3v) is 10.00. The van der Waals surface area contributed by atoms with Crippen molar-refractivity contribution in [2.24, 2.45) is 0 Å². The Morgan fingerprint density at radius 1 is 0.0980 bits per heavy atom.